The van der Waals surface area contributed by atoms with E-state index < -0.39 is 0 Å². The fourth-order valence-electron chi connectivity index (χ4n) is 3.56. The number of hydrogen-bond acceptors (Lipinski definition) is 3. The van der Waals surface area contributed by atoms with Gasteiger partial charge in [-0.05, 0) is 25.0 Å². The van der Waals surface area contributed by atoms with Crippen molar-refractivity contribution in [2.24, 2.45) is 11.1 Å². The second-order valence-corrected chi connectivity index (χ2v) is 5.96. The summed E-state index contributed by atoms with van der Waals surface area (Å²) in [7, 11) is 0. The van der Waals surface area contributed by atoms with Crippen LogP contribution in [0.2, 0.25) is 0 Å². The molecular weight excluding hydrogens is 222 g/mol. The van der Waals surface area contributed by atoms with Crippen LogP contribution in [0.3, 0.4) is 0 Å². The summed E-state index contributed by atoms with van der Waals surface area (Å²) in [4.78, 5) is 5.05. The van der Waals surface area contributed by atoms with Crippen LogP contribution in [0, 0.1) is 12.3 Å². The SMILES string of the molecule is Cc1ccccc1N1CCC2(CN(CCN)C2)C1. The number of rotatable bonds is 3. The second kappa shape index (κ2) is 4.56. The van der Waals surface area contributed by atoms with Crippen LogP contribution >= 0.6 is 0 Å². The Labute approximate surface area is 110 Å². The summed E-state index contributed by atoms with van der Waals surface area (Å²) >= 11 is 0. The fraction of sp³-hybridized carbons (Fsp3) is 0.600. The van der Waals surface area contributed by atoms with Gasteiger partial charge in [0.05, 0.1) is 0 Å². The Bertz CT molecular complexity index is 424. The summed E-state index contributed by atoms with van der Waals surface area (Å²) in [6.45, 7) is 8.98. The molecule has 0 radical (unpaired) electrons. The normalized spacial score (nSPS) is 22.4. The monoisotopic (exact) mass is 245 g/mol. The molecule has 3 rings (SSSR count). The van der Waals surface area contributed by atoms with E-state index in [9.17, 15) is 0 Å². The molecule has 2 N–H and O–H groups in total. The van der Waals surface area contributed by atoms with Crippen LogP contribution in [0.4, 0.5) is 5.69 Å². The minimum atomic E-state index is 0.553. The maximum atomic E-state index is 5.61. The first-order chi connectivity index (χ1) is 8.72. The molecule has 0 saturated carbocycles. The average Bonchev–Trinajstić information content (AvgIpc) is 2.74. The van der Waals surface area contributed by atoms with Gasteiger partial charge in [-0.25, -0.2) is 0 Å². The van der Waals surface area contributed by atoms with E-state index in [1.807, 2.05) is 0 Å². The standard InChI is InChI=1S/C15H23N3/c1-13-4-2-3-5-14(13)18-8-6-15(12-18)10-17(11-15)9-7-16/h2-5H,6-12,16H2,1H3. The largest absolute Gasteiger partial charge is 0.371 e. The Morgan fingerprint density at radius 3 is 2.72 bits per heavy atom. The van der Waals surface area contributed by atoms with Crippen LogP contribution in [0.25, 0.3) is 0 Å². The first-order valence-electron chi connectivity index (χ1n) is 6.95. The Kier molecular flexibility index (Phi) is 3.04. The van der Waals surface area contributed by atoms with Crippen molar-refractivity contribution in [1.82, 2.24) is 4.90 Å². The van der Waals surface area contributed by atoms with Crippen LogP contribution in [-0.4, -0.2) is 44.2 Å². The zero-order valence-corrected chi connectivity index (χ0v) is 11.2. The number of benzene rings is 1. The Hall–Kier alpha value is -1.06. The van der Waals surface area contributed by atoms with Gasteiger partial charge in [-0.3, -0.25) is 0 Å². The number of nitrogens with two attached hydrogens (primary N) is 1. The molecule has 1 spiro atoms. The minimum Gasteiger partial charge on any atom is -0.371 e. The molecule has 3 nitrogen and oxygen atoms in total. The minimum absolute atomic E-state index is 0.553. The molecule has 2 aliphatic heterocycles. The highest BCUT2D eigenvalue weighted by Gasteiger charge is 2.47. The molecule has 18 heavy (non-hydrogen) atoms. The van der Waals surface area contributed by atoms with Gasteiger partial charge in [-0.2, -0.15) is 0 Å². The molecule has 0 amide bonds. The summed E-state index contributed by atoms with van der Waals surface area (Å²) in [6.07, 6.45) is 1.34. The number of hydrogen-bond donors (Lipinski definition) is 1. The van der Waals surface area contributed by atoms with Crippen molar-refractivity contribution in [3.63, 3.8) is 0 Å². The summed E-state index contributed by atoms with van der Waals surface area (Å²) in [5, 5.41) is 0. The molecular formula is C15H23N3. The van der Waals surface area contributed by atoms with Crippen LogP contribution in [-0.2, 0) is 0 Å². The quantitative estimate of drug-likeness (QED) is 0.875. The number of para-hydroxylation sites is 1. The van der Waals surface area contributed by atoms with Gasteiger partial charge < -0.3 is 15.5 Å². The average molecular weight is 245 g/mol. The van der Waals surface area contributed by atoms with Crippen molar-refractivity contribution in [2.45, 2.75) is 13.3 Å². The van der Waals surface area contributed by atoms with Crippen LogP contribution in [0.5, 0.6) is 0 Å². The van der Waals surface area contributed by atoms with Gasteiger partial charge in [0.15, 0.2) is 0 Å². The van der Waals surface area contributed by atoms with Crippen molar-refractivity contribution in [3.05, 3.63) is 29.8 Å². The van der Waals surface area contributed by atoms with E-state index >= 15 is 0 Å². The molecule has 2 saturated heterocycles. The van der Waals surface area contributed by atoms with Crippen LogP contribution in [0.15, 0.2) is 24.3 Å². The maximum absolute atomic E-state index is 5.61. The van der Waals surface area contributed by atoms with Crippen molar-refractivity contribution in [3.8, 4) is 0 Å². The second-order valence-electron chi connectivity index (χ2n) is 5.96. The lowest BCUT2D eigenvalue weighted by Crippen LogP contribution is -2.58. The first-order valence-corrected chi connectivity index (χ1v) is 6.95. The first kappa shape index (κ1) is 12.0. The van der Waals surface area contributed by atoms with Gasteiger partial charge >= 0.3 is 0 Å². The lowest BCUT2D eigenvalue weighted by atomic mass is 9.79. The molecule has 0 unspecified atom stereocenters. The number of likely N-dealkylation sites (tertiary alicyclic amines) is 1. The van der Waals surface area contributed by atoms with Crippen molar-refractivity contribution < 1.29 is 0 Å². The Balaban J connectivity index is 1.65. The summed E-state index contributed by atoms with van der Waals surface area (Å²) in [5.41, 5.74) is 8.98. The number of anilines is 1. The van der Waals surface area contributed by atoms with Crippen molar-refractivity contribution in [2.75, 3.05) is 44.2 Å². The molecule has 2 fully saturated rings. The third kappa shape index (κ3) is 2.02. The predicted octanol–water partition coefficient (Wildman–Crippen LogP) is 1.47. The summed E-state index contributed by atoms with van der Waals surface area (Å²) in [5.74, 6) is 0. The molecule has 0 bridgehead atoms. The topological polar surface area (TPSA) is 32.5 Å². The molecule has 1 aromatic carbocycles. The van der Waals surface area contributed by atoms with Crippen LogP contribution in [0.1, 0.15) is 12.0 Å². The van der Waals surface area contributed by atoms with Gasteiger partial charge in [-0.15, -0.1) is 0 Å². The van der Waals surface area contributed by atoms with Crippen LogP contribution < -0.4 is 10.6 Å². The Morgan fingerprint density at radius 2 is 2.00 bits per heavy atom. The predicted molar refractivity (Wildman–Crippen MR) is 75.9 cm³/mol. The summed E-state index contributed by atoms with van der Waals surface area (Å²) in [6, 6.07) is 8.73. The lowest BCUT2D eigenvalue weighted by molar-refractivity contribution is 0.0213. The lowest BCUT2D eigenvalue weighted by Gasteiger charge is -2.48. The number of aryl methyl sites for hydroxylation is 1. The Morgan fingerprint density at radius 1 is 1.22 bits per heavy atom. The van der Waals surface area contributed by atoms with Gasteiger partial charge in [0, 0.05) is 50.4 Å². The van der Waals surface area contributed by atoms with E-state index in [-0.39, 0.29) is 0 Å². The van der Waals surface area contributed by atoms with E-state index in [1.54, 1.807) is 0 Å². The molecule has 0 atom stereocenters. The third-order valence-corrected chi connectivity index (χ3v) is 4.46. The highest BCUT2D eigenvalue weighted by atomic mass is 15.3. The smallest absolute Gasteiger partial charge is 0.0396 e. The molecule has 0 aromatic heterocycles. The van der Waals surface area contributed by atoms with Gasteiger partial charge in [0.25, 0.3) is 0 Å². The number of nitrogens with zero attached hydrogens (tertiary/aromatic N) is 2. The highest BCUT2D eigenvalue weighted by Crippen LogP contribution is 2.41. The molecule has 1 aromatic rings. The molecule has 98 valence electrons. The van der Waals surface area contributed by atoms with E-state index in [4.69, 9.17) is 5.73 Å². The van der Waals surface area contributed by atoms with Gasteiger partial charge in [0.2, 0.25) is 0 Å². The van der Waals surface area contributed by atoms with E-state index in [1.165, 1.54) is 43.9 Å². The fourth-order valence-corrected chi connectivity index (χ4v) is 3.56. The molecule has 3 heteroatoms. The third-order valence-electron chi connectivity index (χ3n) is 4.46. The zero-order chi connectivity index (χ0) is 12.6. The van der Waals surface area contributed by atoms with Crippen molar-refractivity contribution in [1.29, 1.82) is 0 Å². The molecule has 2 heterocycles. The zero-order valence-electron chi connectivity index (χ0n) is 11.2. The maximum Gasteiger partial charge on any atom is 0.0396 e. The van der Waals surface area contributed by atoms with Crippen molar-refractivity contribution >= 4 is 5.69 Å². The van der Waals surface area contributed by atoms with E-state index in [0.717, 1.165) is 13.1 Å². The van der Waals surface area contributed by atoms with Gasteiger partial charge in [-0.1, -0.05) is 18.2 Å². The van der Waals surface area contributed by atoms with E-state index in [2.05, 4.69) is 41.0 Å². The molecule has 0 aliphatic carbocycles. The van der Waals surface area contributed by atoms with E-state index in [0.29, 0.717) is 5.41 Å². The van der Waals surface area contributed by atoms with Gasteiger partial charge in [0.1, 0.15) is 0 Å². The highest BCUT2D eigenvalue weighted by molar-refractivity contribution is 5.54. The summed E-state index contributed by atoms with van der Waals surface area (Å²) < 4.78 is 0. The molecule has 2 aliphatic rings.